The van der Waals surface area contributed by atoms with Crippen LogP contribution < -0.4 is 0 Å². The maximum atomic E-state index is 9.60. The van der Waals surface area contributed by atoms with Crippen molar-refractivity contribution in [2.45, 2.75) is 19.3 Å². The lowest BCUT2D eigenvalue weighted by atomic mass is 9.81. The molecule has 0 aliphatic heterocycles. The monoisotopic (exact) mass is 614 g/mol. The van der Waals surface area contributed by atoms with Gasteiger partial charge in [0.1, 0.15) is 0 Å². The predicted molar refractivity (Wildman–Crippen MR) is 195 cm³/mol. The van der Waals surface area contributed by atoms with Crippen molar-refractivity contribution in [3.63, 3.8) is 0 Å². The molecule has 226 valence electrons. The Bertz CT molecular complexity index is 2600. The summed E-state index contributed by atoms with van der Waals surface area (Å²) in [6.45, 7) is 4.70. The number of hydrogen-bond donors (Lipinski definition) is 0. The quantitative estimate of drug-likeness (QED) is 0.198. The fourth-order valence-electron chi connectivity index (χ4n) is 7.59. The van der Waals surface area contributed by atoms with Gasteiger partial charge in [-0.1, -0.05) is 123 Å². The van der Waals surface area contributed by atoms with E-state index in [1.165, 1.54) is 38.5 Å². The van der Waals surface area contributed by atoms with Gasteiger partial charge in [0.25, 0.3) is 0 Å². The first kappa shape index (κ1) is 28.0. The summed E-state index contributed by atoms with van der Waals surface area (Å²) in [7, 11) is 0. The minimum atomic E-state index is -0.171. The van der Waals surface area contributed by atoms with Gasteiger partial charge in [0.05, 0.1) is 34.1 Å². The van der Waals surface area contributed by atoms with E-state index >= 15 is 0 Å². The molecular weight excluding hydrogens is 585 g/mol. The van der Waals surface area contributed by atoms with E-state index < -0.39 is 0 Å². The number of rotatable bonds is 4. The van der Waals surface area contributed by atoms with Gasteiger partial charge in [0.15, 0.2) is 5.82 Å². The smallest absolute Gasteiger partial charge is 0.160 e. The number of aromatic nitrogens is 3. The van der Waals surface area contributed by atoms with Crippen molar-refractivity contribution in [1.29, 1.82) is 5.26 Å². The van der Waals surface area contributed by atoms with Crippen LogP contribution in [0, 0.1) is 11.3 Å². The van der Waals surface area contributed by atoms with Crippen molar-refractivity contribution in [1.82, 2.24) is 14.5 Å². The molecule has 4 heteroatoms. The number of nitrogens with zero attached hydrogens (tertiary/aromatic N) is 4. The van der Waals surface area contributed by atoms with Crippen molar-refractivity contribution >= 4 is 21.8 Å². The summed E-state index contributed by atoms with van der Waals surface area (Å²) in [5.74, 6) is 0.634. The summed E-state index contributed by atoms with van der Waals surface area (Å²) in [6.07, 6.45) is 0. The molecular formula is C44H30N4. The predicted octanol–water partition coefficient (Wildman–Crippen LogP) is 10.8. The van der Waals surface area contributed by atoms with Crippen molar-refractivity contribution in [3.05, 3.63) is 162 Å². The molecule has 1 aliphatic carbocycles. The fraction of sp³-hybridized carbons (Fsp3) is 0.0682. The van der Waals surface area contributed by atoms with E-state index in [9.17, 15) is 5.26 Å². The van der Waals surface area contributed by atoms with Crippen LogP contribution in [0.1, 0.15) is 30.5 Å². The molecule has 9 rings (SSSR count). The van der Waals surface area contributed by atoms with E-state index in [0.717, 1.165) is 39.3 Å². The van der Waals surface area contributed by atoms with Crippen molar-refractivity contribution in [2.24, 2.45) is 0 Å². The van der Waals surface area contributed by atoms with E-state index in [1.807, 2.05) is 48.5 Å². The van der Waals surface area contributed by atoms with Crippen LogP contribution in [0.15, 0.2) is 146 Å². The molecule has 0 atom stereocenters. The molecule has 4 nitrogen and oxygen atoms in total. The molecule has 2 heterocycles. The van der Waals surface area contributed by atoms with Gasteiger partial charge in [-0.3, -0.25) is 0 Å². The first-order valence-corrected chi connectivity index (χ1v) is 16.2. The summed E-state index contributed by atoms with van der Waals surface area (Å²) in [5.41, 5.74) is 13.6. The normalized spacial score (nSPS) is 12.9. The summed E-state index contributed by atoms with van der Waals surface area (Å²) < 4.78 is 2.43. The number of nitriles is 1. The Kier molecular flexibility index (Phi) is 6.19. The maximum Gasteiger partial charge on any atom is 0.160 e. The van der Waals surface area contributed by atoms with E-state index in [2.05, 4.69) is 122 Å². The maximum absolute atomic E-state index is 9.60. The molecule has 1 aliphatic rings. The van der Waals surface area contributed by atoms with Gasteiger partial charge in [0, 0.05) is 38.6 Å². The number of fused-ring (bicyclic) bond motifs is 7. The molecule has 0 N–H and O–H groups in total. The lowest BCUT2D eigenvalue weighted by molar-refractivity contribution is 0.664. The standard InChI is InChI=1S/C44H30N4/c1-44(2)37-20-8-6-18-33(37)35-22-23-36-34-19-7-9-21-40(34)48(42(36)41(35)44)32-17-11-16-31(25-32)43-46-38(29-13-4-3-5-14-29)26-39(47-43)30-15-10-12-28(24-30)27-45/h3-26H,1-2H3. The molecule has 6 aromatic carbocycles. The van der Waals surface area contributed by atoms with Crippen molar-refractivity contribution < 1.29 is 0 Å². The Morgan fingerprint density at radius 1 is 0.583 bits per heavy atom. The summed E-state index contributed by atoms with van der Waals surface area (Å²) in [6, 6.07) is 52.7. The summed E-state index contributed by atoms with van der Waals surface area (Å²) in [4.78, 5) is 10.2. The van der Waals surface area contributed by atoms with Gasteiger partial charge < -0.3 is 4.57 Å². The van der Waals surface area contributed by atoms with Crippen LogP contribution >= 0.6 is 0 Å². The van der Waals surface area contributed by atoms with Gasteiger partial charge >= 0.3 is 0 Å². The third-order valence-electron chi connectivity index (χ3n) is 9.80. The van der Waals surface area contributed by atoms with Crippen LogP contribution in [0.2, 0.25) is 0 Å². The second-order valence-electron chi connectivity index (χ2n) is 13.0. The topological polar surface area (TPSA) is 54.5 Å². The second kappa shape index (κ2) is 10.6. The first-order valence-electron chi connectivity index (χ1n) is 16.2. The minimum absolute atomic E-state index is 0.171. The Balaban J connectivity index is 1.29. The van der Waals surface area contributed by atoms with E-state index in [4.69, 9.17) is 9.97 Å². The highest BCUT2D eigenvalue weighted by molar-refractivity contribution is 6.13. The van der Waals surface area contributed by atoms with E-state index in [1.54, 1.807) is 0 Å². The highest BCUT2D eigenvalue weighted by Crippen LogP contribution is 2.52. The van der Waals surface area contributed by atoms with Crippen LogP contribution in [0.5, 0.6) is 0 Å². The van der Waals surface area contributed by atoms with Crippen molar-refractivity contribution in [2.75, 3.05) is 0 Å². The minimum Gasteiger partial charge on any atom is -0.309 e. The molecule has 0 radical (unpaired) electrons. The molecule has 0 fully saturated rings. The molecule has 0 amide bonds. The molecule has 0 saturated heterocycles. The molecule has 0 spiro atoms. The zero-order chi connectivity index (χ0) is 32.4. The Labute approximate surface area is 279 Å². The lowest BCUT2D eigenvalue weighted by Crippen LogP contribution is -2.16. The van der Waals surface area contributed by atoms with Crippen LogP contribution in [-0.2, 0) is 5.41 Å². The molecule has 0 unspecified atom stereocenters. The van der Waals surface area contributed by atoms with Gasteiger partial charge in [-0.05, 0) is 58.7 Å². The highest BCUT2D eigenvalue weighted by atomic mass is 15.0. The molecule has 8 aromatic rings. The third-order valence-corrected chi connectivity index (χ3v) is 9.80. The van der Waals surface area contributed by atoms with Gasteiger partial charge in [0.2, 0.25) is 0 Å². The Morgan fingerprint density at radius 2 is 1.29 bits per heavy atom. The zero-order valence-electron chi connectivity index (χ0n) is 26.6. The molecule has 48 heavy (non-hydrogen) atoms. The summed E-state index contributed by atoms with van der Waals surface area (Å²) in [5, 5.41) is 12.1. The zero-order valence-corrected chi connectivity index (χ0v) is 26.6. The van der Waals surface area contributed by atoms with Crippen molar-refractivity contribution in [3.8, 4) is 56.8 Å². The third kappa shape index (κ3) is 4.22. The average Bonchev–Trinajstić information content (AvgIpc) is 3.60. The first-order chi connectivity index (χ1) is 23.5. The van der Waals surface area contributed by atoms with Crippen LogP contribution in [0.4, 0.5) is 0 Å². The lowest BCUT2D eigenvalue weighted by Gasteiger charge is -2.23. The van der Waals surface area contributed by atoms with Gasteiger partial charge in [-0.15, -0.1) is 0 Å². The Hall–Kier alpha value is -6.31. The number of benzene rings is 6. The van der Waals surface area contributed by atoms with Gasteiger partial charge in [-0.25, -0.2) is 9.97 Å². The van der Waals surface area contributed by atoms with Crippen LogP contribution in [-0.4, -0.2) is 14.5 Å². The summed E-state index contributed by atoms with van der Waals surface area (Å²) >= 11 is 0. The van der Waals surface area contributed by atoms with Gasteiger partial charge in [-0.2, -0.15) is 5.26 Å². The average molecular weight is 615 g/mol. The number of hydrogen-bond acceptors (Lipinski definition) is 3. The SMILES string of the molecule is CC1(C)c2ccccc2-c2ccc3c4ccccc4n(-c4cccc(-c5nc(-c6ccccc6)cc(-c6cccc(C#N)c6)n5)c4)c3c21. The molecule has 0 saturated carbocycles. The largest absolute Gasteiger partial charge is 0.309 e. The fourth-order valence-corrected chi connectivity index (χ4v) is 7.59. The van der Waals surface area contributed by atoms with Crippen LogP contribution in [0.3, 0.4) is 0 Å². The van der Waals surface area contributed by atoms with Crippen LogP contribution in [0.25, 0.3) is 72.5 Å². The number of para-hydroxylation sites is 1. The highest BCUT2D eigenvalue weighted by Gasteiger charge is 2.38. The molecule has 0 bridgehead atoms. The molecule has 2 aromatic heterocycles. The van der Waals surface area contributed by atoms with E-state index in [0.29, 0.717) is 11.4 Å². The Morgan fingerprint density at radius 3 is 2.15 bits per heavy atom. The van der Waals surface area contributed by atoms with E-state index in [-0.39, 0.29) is 5.41 Å². The second-order valence-corrected chi connectivity index (χ2v) is 13.0.